The van der Waals surface area contributed by atoms with Gasteiger partial charge in [-0.25, -0.2) is 0 Å². The minimum Gasteiger partial charge on any atom is -0.508 e. The highest BCUT2D eigenvalue weighted by atomic mass is 31.0. The number of carbonyl (C=O) groups excluding carboxylic acids is 1. The number of hydrogen-bond donors (Lipinski definition) is 1. The molecule has 0 aliphatic heterocycles. The standard InChI is InChI=1S/C9H11O3P/c1-6(10)12-8-2-3-9(11)7(4-8)5-13/h2-4,11H,5,13H2,1H3. The van der Waals surface area contributed by atoms with Gasteiger partial charge in [0.25, 0.3) is 0 Å². The summed E-state index contributed by atoms with van der Waals surface area (Å²) in [6, 6.07) is 4.71. The van der Waals surface area contributed by atoms with Crippen LogP contribution in [0.15, 0.2) is 18.2 Å². The van der Waals surface area contributed by atoms with Gasteiger partial charge in [0, 0.05) is 12.5 Å². The summed E-state index contributed by atoms with van der Waals surface area (Å²) in [6.45, 7) is 1.34. The Balaban J connectivity index is 2.92. The van der Waals surface area contributed by atoms with E-state index in [0.717, 1.165) is 5.56 Å². The zero-order chi connectivity index (χ0) is 9.84. The molecular weight excluding hydrogens is 187 g/mol. The fraction of sp³-hybridized carbons (Fsp3) is 0.222. The van der Waals surface area contributed by atoms with Crippen LogP contribution in [0, 0.1) is 0 Å². The van der Waals surface area contributed by atoms with Crippen molar-refractivity contribution >= 4 is 15.2 Å². The second kappa shape index (κ2) is 4.24. The molecule has 4 heteroatoms. The number of hydrogen-bond acceptors (Lipinski definition) is 3. The molecule has 0 aliphatic carbocycles. The molecule has 0 spiro atoms. The summed E-state index contributed by atoms with van der Waals surface area (Å²) in [7, 11) is 2.49. The number of rotatable bonds is 2. The molecule has 0 amide bonds. The first-order valence-electron chi connectivity index (χ1n) is 3.84. The summed E-state index contributed by atoms with van der Waals surface area (Å²) in [5.41, 5.74) is 0.740. The number of carbonyl (C=O) groups is 1. The summed E-state index contributed by atoms with van der Waals surface area (Å²) >= 11 is 0. The molecule has 1 atom stereocenters. The molecule has 0 aliphatic rings. The van der Waals surface area contributed by atoms with Crippen molar-refractivity contribution in [1.82, 2.24) is 0 Å². The van der Waals surface area contributed by atoms with Gasteiger partial charge in [-0.1, -0.05) is 0 Å². The third-order valence-corrected chi connectivity index (χ3v) is 1.97. The maximum absolute atomic E-state index is 10.6. The van der Waals surface area contributed by atoms with E-state index < -0.39 is 0 Å². The van der Waals surface area contributed by atoms with Crippen molar-refractivity contribution in [2.24, 2.45) is 0 Å². The molecule has 0 bridgehead atoms. The molecule has 0 saturated carbocycles. The molecule has 0 aromatic heterocycles. The van der Waals surface area contributed by atoms with Crippen molar-refractivity contribution in [2.75, 3.05) is 0 Å². The lowest BCUT2D eigenvalue weighted by Crippen LogP contribution is -2.01. The first kappa shape index (κ1) is 10.0. The molecule has 1 unspecified atom stereocenters. The molecule has 1 aromatic rings. The summed E-state index contributed by atoms with van der Waals surface area (Å²) in [4.78, 5) is 10.6. The largest absolute Gasteiger partial charge is 0.508 e. The third kappa shape index (κ3) is 2.71. The second-order valence-electron chi connectivity index (χ2n) is 2.59. The quantitative estimate of drug-likeness (QED) is 0.447. The zero-order valence-corrected chi connectivity index (χ0v) is 8.43. The SMILES string of the molecule is CC(=O)Oc1ccc(O)c(CP)c1. The highest BCUT2D eigenvalue weighted by Gasteiger charge is 2.02. The molecule has 1 N–H and O–H groups in total. The Morgan fingerprint density at radius 3 is 2.85 bits per heavy atom. The minimum atomic E-state index is -0.361. The van der Waals surface area contributed by atoms with Crippen molar-refractivity contribution in [2.45, 2.75) is 13.1 Å². The van der Waals surface area contributed by atoms with Crippen LogP contribution < -0.4 is 4.74 Å². The molecule has 70 valence electrons. The smallest absolute Gasteiger partial charge is 0.308 e. The summed E-state index contributed by atoms with van der Waals surface area (Å²) in [5, 5.41) is 9.32. The normalized spacial score (nSPS) is 9.69. The van der Waals surface area contributed by atoms with Crippen LogP contribution in [0.3, 0.4) is 0 Å². The summed E-state index contributed by atoms with van der Waals surface area (Å²) < 4.78 is 4.85. The van der Waals surface area contributed by atoms with E-state index in [2.05, 4.69) is 9.24 Å². The van der Waals surface area contributed by atoms with Crippen LogP contribution in [0.25, 0.3) is 0 Å². The molecule has 0 heterocycles. The topological polar surface area (TPSA) is 46.5 Å². The van der Waals surface area contributed by atoms with Crippen molar-refractivity contribution in [3.8, 4) is 11.5 Å². The average molecular weight is 198 g/mol. The number of phenols is 1. The molecule has 0 fully saturated rings. The Bertz CT molecular complexity index is 323. The van der Waals surface area contributed by atoms with Crippen LogP contribution in [-0.2, 0) is 11.0 Å². The summed E-state index contributed by atoms with van der Waals surface area (Å²) in [5.74, 6) is 0.314. The minimum absolute atomic E-state index is 0.214. The second-order valence-corrected chi connectivity index (χ2v) is 3.00. The molecule has 13 heavy (non-hydrogen) atoms. The van der Waals surface area contributed by atoms with Crippen molar-refractivity contribution in [3.63, 3.8) is 0 Å². The number of phenolic OH excluding ortho intramolecular Hbond substituents is 1. The van der Waals surface area contributed by atoms with Gasteiger partial charge in [-0.3, -0.25) is 4.79 Å². The fourth-order valence-electron chi connectivity index (χ4n) is 0.955. The number of benzene rings is 1. The van der Waals surface area contributed by atoms with Gasteiger partial charge < -0.3 is 9.84 Å². The van der Waals surface area contributed by atoms with Gasteiger partial charge in [-0.05, 0) is 24.4 Å². The lowest BCUT2D eigenvalue weighted by Gasteiger charge is -2.04. The third-order valence-electron chi connectivity index (χ3n) is 1.53. The first-order valence-corrected chi connectivity index (χ1v) is 4.65. The molecule has 1 rings (SSSR count). The van der Waals surface area contributed by atoms with E-state index in [1.165, 1.54) is 13.0 Å². The van der Waals surface area contributed by atoms with Gasteiger partial charge in [-0.2, -0.15) is 0 Å². The number of aromatic hydroxyl groups is 1. The molecular formula is C9H11O3P. The first-order chi connectivity index (χ1) is 6.13. The van der Waals surface area contributed by atoms with Crippen LogP contribution in [0.5, 0.6) is 11.5 Å². The predicted octanol–water partition coefficient (Wildman–Crippen LogP) is 1.69. The summed E-state index contributed by atoms with van der Waals surface area (Å²) in [6.07, 6.45) is 0.626. The van der Waals surface area contributed by atoms with E-state index in [-0.39, 0.29) is 11.7 Å². The molecule has 1 aromatic carbocycles. The van der Waals surface area contributed by atoms with Gasteiger partial charge >= 0.3 is 5.97 Å². The van der Waals surface area contributed by atoms with Gasteiger partial charge in [0.05, 0.1) is 0 Å². The van der Waals surface area contributed by atoms with Crippen LogP contribution in [0.2, 0.25) is 0 Å². The van der Waals surface area contributed by atoms with E-state index in [4.69, 9.17) is 4.74 Å². The maximum atomic E-state index is 10.6. The van der Waals surface area contributed by atoms with E-state index in [0.29, 0.717) is 11.9 Å². The van der Waals surface area contributed by atoms with E-state index in [1.54, 1.807) is 12.1 Å². The van der Waals surface area contributed by atoms with Crippen molar-refractivity contribution in [3.05, 3.63) is 23.8 Å². The Morgan fingerprint density at radius 2 is 2.31 bits per heavy atom. The van der Waals surface area contributed by atoms with Crippen LogP contribution in [0.4, 0.5) is 0 Å². The van der Waals surface area contributed by atoms with Gasteiger partial charge in [-0.15, -0.1) is 9.24 Å². The Hall–Kier alpha value is -1.08. The fourth-order valence-corrected chi connectivity index (χ4v) is 1.28. The molecule has 0 radical (unpaired) electrons. The van der Waals surface area contributed by atoms with E-state index in [9.17, 15) is 9.90 Å². The zero-order valence-electron chi connectivity index (χ0n) is 7.28. The van der Waals surface area contributed by atoms with Gasteiger partial charge in [0.1, 0.15) is 11.5 Å². The highest BCUT2D eigenvalue weighted by molar-refractivity contribution is 7.15. The molecule has 3 nitrogen and oxygen atoms in total. The van der Waals surface area contributed by atoms with E-state index >= 15 is 0 Å². The predicted molar refractivity (Wildman–Crippen MR) is 52.8 cm³/mol. The number of esters is 1. The monoisotopic (exact) mass is 198 g/mol. The Morgan fingerprint density at radius 1 is 1.62 bits per heavy atom. The van der Waals surface area contributed by atoms with Crippen LogP contribution >= 0.6 is 9.24 Å². The number of ether oxygens (including phenoxy) is 1. The van der Waals surface area contributed by atoms with Crippen molar-refractivity contribution < 1.29 is 14.6 Å². The van der Waals surface area contributed by atoms with Gasteiger partial charge in [0.2, 0.25) is 0 Å². The van der Waals surface area contributed by atoms with Crippen LogP contribution in [-0.4, -0.2) is 11.1 Å². The van der Waals surface area contributed by atoms with Crippen LogP contribution in [0.1, 0.15) is 12.5 Å². The molecule has 0 saturated heterocycles. The lowest BCUT2D eigenvalue weighted by atomic mass is 10.2. The maximum Gasteiger partial charge on any atom is 0.308 e. The Labute approximate surface area is 78.9 Å². The van der Waals surface area contributed by atoms with Crippen molar-refractivity contribution in [1.29, 1.82) is 0 Å². The lowest BCUT2D eigenvalue weighted by molar-refractivity contribution is -0.131. The highest BCUT2D eigenvalue weighted by Crippen LogP contribution is 2.24. The average Bonchev–Trinajstić information content (AvgIpc) is 2.07. The van der Waals surface area contributed by atoms with Gasteiger partial charge in [0.15, 0.2) is 0 Å². The van der Waals surface area contributed by atoms with E-state index in [1.807, 2.05) is 0 Å². The Kier molecular flexibility index (Phi) is 3.26.